The minimum Gasteiger partial charge on any atom is -0.392 e. The Balaban J connectivity index is 3.31. The number of unbranched alkanes of at least 4 members (excludes halogenated alkanes) is 3. The van der Waals surface area contributed by atoms with E-state index in [1.54, 1.807) is 0 Å². The second kappa shape index (κ2) is 10.5. The summed E-state index contributed by atoms with van der Waals surface area (Å²) >= 11 is 0. The molecule has 0 aromatic rings. The van der Waals surface area contributed by atoms with Gasteiger partial charge in [-0.05, 0) is 32.6 Å². The highest BCUT2D eigenvalue weighted by Gasteiger charge is 1.96. The third-order valence-corrected chi connectivity index (χ3v) is 2.19. The first-order valence-electron chi connectivity index (χ1n) is 5.75. The predicted molar refractivity (Wildman–Crippen MR) is 63.3 cm³/mol. The van der Waals surface area contributed by atoms with E-state index in [9.17, 15) is 5.11 Å². The summed E-state index contributed by atoms with van der Waals surface area (Å²) in [4.78, 5) is 0. The van der Waals surface area contributed by atoms with Gasteiger partial charge in [0.2, 0.25) is 0 Å². The van der Waals surface area contributed by atoms with E-state index < -0.39 is 0 Å². The average molecular weight is 196 g/mol. The molecule has 0 aromatic carbocycles. The van der Waals surface area contributed by atoms with Crippen molar-refractivity contribution in [3.05, 3.63) is 24.3 Å². The zero-order valence-electron chi connectivity index (χ0n) is 9.58. The molecule has 0 aliphatic carbocycles. The molecule has 0 rings (SSSR count). The summed E-state index contributed by atoms with van der Waals surface area (Å²) in [6.45, 7) is 4.19. The highest BCUT2D eigenvalue weighted by atomic mass is 16.3. The minimum atomic E-state index is -0.200. The Morgan fingerprint density at radius 2 is 1.79 bits per heavy atom. The van der Waals surface area contributed by atoms with E-state index in [0.717, 1.165) is 19.3 Å². The molecule has 1 heteroatoms. The maximum absolute atomic E-state index is 9.48. The number of aliphatic hydroxyl groups excluding tert-OH is 1. The van der Waals surface area contributed by atoms with Gasteiger partial charge in [-0.15, -0.1) is 0 Å². The molecule has 0 fully saturated rings. The first-order valence-corrected chi connectivity index (χ1v) is 5.75. The van der Waals surface area contributed by atoms with Gasteiger partial charge in [0.15, 0.2) is 0 Å². The molecule has 1 atom stereocenters. The molecule has 0 bridgehead atoms. The molecule has 0 aliphatic heterocycles. The van der Waals surface area contributed by atoms with Crippen molar-refractivity contribution in [1.29, 1.82) is 0 Å². The second-order valence-electron chi connectivity index (χ2n) is 3.66. The first-order chi connectivity index (χ1) is 6.81. The van der Waals surface area contributed by atoms with Crippen LogP contribution in [0.15, 0.2) is 24.3 Å². The lowest BCUT2D eigenvalue weighted by atomic mass is 10.1. The number of hydrogen-bond donors (Lipinski definition) is 1. The van der Waals surface area contributed by atoms with Crippen LogP contribution in [0.2, 0.25) is 0 Å². The molecule has 0 spiro atoms. The van der Waals surface area contributed by atoms with Crippen LogP contribution in [-0.4, -0.2) is 11.2 Å². The van der Waals surface area contributed by atoms with Crippen molar-refractivity contribution in [2.75, 3.05) is 0 Å². The Labute approximate surface area is 88.5 Å². The summed E-state index contributed by atoms with van der Waals surface area (Å²) in [5.74, 6) is 0. The Kier molecular flexibility index (Phi) is 10.1. The summed E-state index contributed by atoms with van der Waals surface area (Å²) < 4.78 is 0. The fourth-order valence-electron chi connectivity index (χ4n) is 1.27. The molecule has 0 saturated heterocycles. The third kappa shape index (κ3) is 9.53. The van der Waals surface area contributed by atoms with Gasteiger partial charge in [-0.25, -0.2) is 0 Å². The van der Waals surface area contributed by atoms with Crippen LogP contribution in [-0.2, 0) is 0 Å². The molecule has 82 valence electrons. The molecule has 0 heterocycles. The molecule has 0 aliphatic rings. The van der Waals surface area contributed by atoms with Crippen molar-refractivity contribution < 1.29 is 5.11 Å². The van der Waals surface area contributed by atoms with Crippen molar-refractivity contribution in [3.63, 3.8) is 0 Å². The number of hydrogen-bond acceptors (Lipinski definition) is 1. The number of allylic oxidation sites excluding steroid dienone is 2. The normalized spacial score (nSPS) is 14.2. The molecule has 14 heavy (non-hydrogen) atoms. The molecule has 0 amide bonds. The van der Waals surface area contributed by atoms with Crippen molar-refractivity contribution in [1.82, 2.24) is 0 Å². The monoisotopic (exact) mass is 196 g/mol. The molecule has 1 N–H and O–H groups in total. The van der Waals surface area contributed by atoms with Crippen LogP contribution >= 0.6 is 0 Å². The lowest BCUT2D eigenvalue weighted by molar-refractivity contribution is 0.181. The Morgan fingerprint density at radius 1 is 1.07 bits per heavy atom. The van der Waals surface area contributed by atoms with E-state index in [4.69, 9.17) is 0 Å². The zero-order valence-corrected chi connectivity index (χ0v) is 9.58. The average Bonchev–Trinajstić information content (AvgIpc) is 2.20. The summed E-state index contributed by atoms with van der Waals surface area (Å²) in [6, 6.07) is 0. The third-order valence-electron chi connectivity index (χ3n) is 2.19. The molecule has 0 radical (unpaired) electrons. The van der Waals surface area contributed by atoms with Crippen molar-refractivity contribution in [2.24, 2.45) is 0 Å². The highest BCUT2D eigenvalue weighted by molar-refractivity contribution is 4.87. The summed E-state index contributed by atoms with van der Waals surface area (Å²) in [7, 11) is 0. The lowest BCUT2D eigenvalue weighted by Gasteiger charge is -2.02. The van der Waals surface area contributed by atoms with E-state index in [0.29, 0.717) is 0 Å². The predicted octanol–water partition coefficient (Wildman–Crippen LogP) is 3.84. The summed E-state index contributed by atoms with van der Waals surface area (Å²) in [6.07, 6.45) is 14.7. The Bertz CT molecular complexity index is 159. The van der Waals surface area contributed by atoms with Crippen LogP contribution in [0.4, 0.5) is 0 Å². The quantitative estimate of drug-likeness (QED) is 0.462. The molecular weight excluding hydrogens is 172 g/mol. The second-order valence-corrected chi connectivity index (χ2v) is 3.66. The molecule has 1 unspecified atom stereocenters. The van der Waals surface area contributed by atoms with Gasteiger partial charge in [0.1, 0.15) is 0 Å². The van der Waals surface area contributed by atoms with Gasteiger partial charge in [0.05, 0.1) is 6.10 Å². The standard InChI is InChI=1S/C13H24O/c1-3-5-7-8-9-10-12-13(14)11-6-4-2/h4,6,9-10,13-14H,3,5,7-8,11-12H2,1-2H3/b6-4+,10-9+. The summed E-state index contributed by atoms with van der Waals surface area (Å²) in [5.41, 5.74) is 0. The van der Waals surface area contributed by atoms with Crippen LogP contribution < -0.4 is 0 Å². The molecular formula is C13H24O. The summed E-state index contributed by atoms with van der Waals surface area (Å²) in [5, 5.41) is 9.48. The molecule has 0 aromatic heterocycles. The Hall–Kier alpha value is -0.560. The maximum atomic E-state index is 9.48. The fraction of sp³-hybridized carbons (Fsp3) is 0.692. The van der Waals surface area contributed by atoms with Gasteiger partial charge in [-0.2, -0.15) is 0 Å². The van der Waals surface area contributed by atoms with E-state index in [1.165, 1.54) is 19.3 Å². The van der Waals surface area contributed by atoms with Gasteiger partial charge < -0.3 is 5.11 Å². The SMILES string of the molecule is C/C=C/CC(O)C/C=C/CCCCC. The number of rotatable bonds is 8. The van der Waals surface area contributed by atoms with Gasteiger partial charge in [-0.3, -0.25) is 0 Å². The van der Waals surface area contributed by atoms with Crippen LogP contribution in [0.5, 0.6) is 0 Å². The molecule has 0 saturated carbocycles. The van der Waals surface area contributed by atoms with E-state index in [2.05, 4.69) is 19.1 Å². The largest absolute Gasteiger partial charge is 0.392 e. The molecule has 1 nitrogen and oxygen atoms in total. The minimum absolute atomic E-state index is 0.200. The van der Waals surface area contributed by atoms with Crippen molar-refractivity contribution >= 4 is 0 Å². The highest BCUT2D eigenvalue weighted by Crippen LogP contribution is 2.03. The van der Waals surface area contributed by atoms with E-state index >= 15 is 0 Å². The van der Waals surface area contributed by atoms with Crippen LogP contribution in [0.25, 0.3) is 0 Å². The van der Waals surface area contributed by atoms with Gasteiger partial charge in [0, 0.05) is 0 Å². The zero-order chi connectivity index (χ0) is 10.6. The first kappa shape index (κ1) is 13.4. The Morgan fingerprint density at radius 3 is 2.43 bits per heavy atom. The van der Waals surface area contributed by atoms with Gasteiger partial charge in [0.25, 0.3) is 0 Å². The van der Waals surface area contributed by atoms with Crippen LogP contribution in [0.1, 0.15) is 52.4 Å². The van der Waals surface area contributed by atoms with E-state index in [1.807, 2.05) is 19.1 Å². The number of aliphatic hydroxyl groups is 1. The van der Waals surface area contributed by atoms with Crippen LogP contribution in [0.3, 0.4) is 0 Å². The maximum Gasteiger partial charge on any atom is 0.0609 e. The lowest BCUT2D eigenvalue weighted by Crippen LogP contribution is -2.02. The van der Waals surface area contributed by atoms with E-state index in [-0.39, 0.29) is 6.10 Å². The van der Waals surface area contributed by atoms with Crippen LogP contribution in [0, 0.1) is 0 Å². The smallest absolute Gasteiger partial charge is 0.0609 e. The fourth-order valence-corrected chi connectivity index (χ4v) is 1.27. The van der Waals surface area contributed by atoms with Crippen molar-refractivity contribution in [2.45, 2.75) is 58.5 Å². The topological polar surface area (TPSA) is 20.2 Å². The van der Waals surface area contributed by atoms with Gasteiger partial charge in [-0.1, -0.05) is 44.1 Å². The van der Waals surface area contributed by atoms with Gasteiger partial charge >= 0.3 is 0 Å². The van der Waals surface area contributed by atoms with Crippen molar-refractivity contribution in [3.8, 4) is 0 Å².